The molecule has 1 heterocycles. The zero-order valence-electron chi connectivity index (χ0n) is 11.4. The summed E-state index contributed by atoms with van der Waals surface area (Å²) in [6.07, 6.45) is 5.20. The van der Waals surface area contributed by atoms with Gasteiger partial charge in [0.2, 0.25) is 0 Å². The van der Waals surface area contributed by atoms with E-state index in [1.54, 1.807) is 0 Å². The monoisotopic (exact) mass is 252 g/mol. The van der Waals surface area contributed by atoms with E-state index in [9.17, 15) is 0 Å². The second kappa shape index (κ2) is 5.87. The van der Waals surface area contributed by atoms with Crippen LogP contribution in [0.25, 0.3) is 0 Å². The van der Waals surface area contributed by atoms with Crippen LogP contribution in [-0.4, -0.2) is 36.2 Å². The lowest BCUT2D eigenvalue weighted by Gasteiger charge is -2.36. The van der Waals surface area contributed by atoms with Crippen molar-refractivity contribution in [2.45, 2.75) is 44.4 Å². The Kier molecular flexibility index (Phi) is 4.43. The summed E-state index contributed by atoms with van der Waals surface area (Å²) in [5.41, 5.74) is 0.312. The predicted molar refractivity (Wildman–Crippen MR) is 71.2 cm³/mol. The van der Waals surface area contributed by atoms with Gasteiger partial charge in [0.1, 0.15) is 18.1 Å². The van der Waals surface area contributed by atoms with Gasteiger partial charge in [-0.15, -0.1) is 0 Å². The predicted octanol–water partition coefficient (Wildman–Crippen LogP) is 1.74. The van der Waals surface area contributed by atoms with E-state index in [1.165, 1.54) is 25.7 Å². The second-order valence-corrected chi connectivity index (χ2v) is 5.46. The minimum Gasteiger partial charge on any atom is -0.462 e. The second-order valence-electron chi connectivity index (χ2n) is 5.46. The zero-order chi connectivity index (χ0) is 13.0. The normalized spacial score (nSPS) is 18.7. The molecule has 0 atom stereocenters. The highest BCUT2D eigenvalue weighted by molar-refractivity contribution is 5.06. The van der Waals surface area contributed by atoms with Gasteiger partial charge in [-0.05, 0) is 39.1 Å². The van der Waals surface area contributed by atoms with Gasteiger partial charge >= 0.3 is 0 Å². The smallest absolute Gasteiger partial charge is 0.129 e. The molecule has 0 aliphatic heterocycles. The Bertz CT molecular complexity index is 368. The Hall–Kier alpha value is -0.840. The molecular formula is C14H24N2O2. The lowest BCUT2D eigenvalue weighted by molar-refractivity contribution is 0.152. The summed E-state index contributed by atoms with van der Waals surface area (Å²) in [5, 5.41) is 12.4. The molecule has 0 spiro atoms. The maximum Gasteiger partial charge on any atom is 0.129 e. The minimum atomic E-state index is -0.0262. The number of nitrogens with zero attached hydrogens (tertiary/aromatic N) is 1. The quantitative estimate of drug-likeness (QED) is 0.809. The Morgan fingerprint density at radius 3 is 2.50 bits per heavy atom. The molecule has 18 heavy (non-hydrogen) atoms. The van der Waals surface area contributed by atoms with Crippen LogP contribution in [0.2, 0.25) is 0 Å². The molecule has 2 N–H and O–H groups in total. The summed E-state index contributed by atoms with van der Waals surface area (Å²) >= 11 is 0. The van der Waals surface area contributed by atoms with Gasteiger partial charge in [-0.1, -0.05) is 12.8 Å². The van der Waals surface area contributed by atoms with Crippen molar-refractivity contribution in [1.82, 2.24) is 10.2 Å². The summed E-state index contributed by atoms with van der Waals surface area (Å²) in [6, 6.07) is 3.75. The van der Waals surface area contributed by atoms with Crippen molar-refractivity contribution in [3.8, 4) is 0 Å². The molecule has 1 aromatic rings. The molecule has 1 aliphatic rings. The first kappa shape index (κ1) is 13.6. The third-order valence-electron chi connectivity index (χ3n) is 4.11. The van der Waals surface area contributed by atoms with E-state index >= 15 is 0 Å². The van der Waals surface area contributed by atoms with Crippen molar-refractivity contribution in [2.75, 3.05) is 20.6 Å². The van der Waals surface area contributed by atoms with Crippen LogP contribution in [0.1, 0.15) is 37.2 Å². The average Bonchev–Trinajstić information content (AvgIpc) is 2.98. The van der Waals surface area contributed by atoms with Gasteiger partial charge in [0.25, 0.3) is 0 Å². The fourth-order valence-electron chi connectivity index (χ4n) is 2.84. The molecule has 2 rings (SSSR count). The maximum absolute atomic E-state index is 8.94. The topological polar surface area (TPSA) is 48.6 Å². The van der Waals surface area contributed by atoms with Gasteiger partial charge in [-0.3, -0.25) is 0 Å². The van der Waals surface area contributed by atoms with Gasteiger partial charge in [0.15, 0.2) is 0 Å². The van der Waals surface area contributed by atoms with Crippen LogP contribution in [0.3, 0.4) is 0 Å². The number of nitrogens with one attached hydrogen (secondary N) is 1. The SMILES string of the molecule is CN(C)C1(CNCc2ccc(CO)o2)CCCC1. The number of hydrogen-bond acceptors (Lipinski definition) is 4. The Morgan fingerprint density at radius 2 is 1.94 bits per heavy atom. The van der Waals surface area contributed by atoms with Crippen molar-refractivity contribution >= 4 is 0 Å². The van der Waals surface area contributed by atoms with Crippen LogP contribution in [0.15, 0.2) is 16.5 Å². The van der Waals surface area contributed by atoms with E-state index < -0.39 is 0 Å². The van der Waals surface area contributed by atoms with E-state index in [4.69, 9.17) is 9.52 Å². The lowest BCUT2D eigenvalue weighted by atomic mass is 9.96. The highest BCUT2D eigenvalue weighted by Gasteiger charge is 2.35. The highest BCUT2D eigenvalue weighted by atomic mass is 16.4. The van der Waals surface area contributed by atoms with Crippen LogP contribution < -0.4 is 5.32 Å². The van der Waals surface area contributed by atoms with Gasteiger partial charge in [0, 0.05) is 12.1 Å². The minimum absolute atomic E-state index is 0.0262. The Balaban J connectivity index is 1.83. The molecule has 0 saturated heterocycles. The summed E-state index contributed by atoms with van der Waals surface area (Å²) in [6.45, 7) is 1.70. The average molecular weight is 252 g/mol. The van der Waals surface area contributed by atoms with E-state index in [0.29, 0.717) is 11.3 Å². The molecule has 0 amide bonds. The molecule has 4 heteroatoms. The number of likely N-dealkylation sites (N-methyl/N-ethyl adjacent to an activating group) is 1. The standard InChI is InChI=1S/C14H24N2O2/c1-16(2)14(7-3-4-8-14)11-15-9-12-5-6-13(10-17)18-12/h5-6,15,17H,3-4,7-11H2,1-2H3. The first-order valence-corrected chi connectivity index (χ1v) is 6.73. The van der Waals surface area contributed by atoms with E-state index in [2.05, 4.69) is 24.3 Å². The molecule has 1 saturated carbocycles. The van der Waals surface area contributed by atoms with Gasteiger partial charge in [-0.25, -0.2) is 0 Å². The number of rotatable bonds is 6. The molecular weight excluding hydrogens is 228 g/mol. The summed E-state index contributed by atoms with van der Waals surface area (Å²) in [5.74, 6) is 1.53. The molecule has 1 fully saturated rings. The number of hydrogen-bond donors (Lipinski definition) is 2. The first-order chi connectivity index (χ1) is 8.66. The van der Waals surface area contributed by atoms with Crippen molar-refractivity contribution in [1.29, 1.82) is 0 Å². The maximum atomic E-state index is 8.94. The fourth-order valence-corrected chi connectivity index (χ4v) is 2.84. The van der Waals surface area contributed by atoms with E-state index in [1.807, 2.05) is 12.1 Å². The molecule has 1 aliphatic carbocycles. The molecule has 0 aromatic carbocycles. The third kappa shape index (κ3) is 2.94. The Morgan fingerprint density at radius 1 is 1.28 bits per heavy atom. The molecule has 0 bridgehead atoms. The first-order valence-electron chi connectivity index (χ1n) is 6.73. The van der Waals surface area contributed by atoms with Crippen molar-refractivity contribution in [2.24, 2.45) is 0 Å². The summed E-state index contributed by atoms with van der Waals surface area (Å²) in [4.78, 5) is 2.36. The molecule has 4 nitrogen and oxygen atoms in total. The fraction of sp³-hybridized carbons (Fsp3) is 0.714. The number of aliphatic hydroxyl groups excluding tert-OH is 1. The van der Waals surface area contributed by atoms with Crippen molar-refractivity contribution < 1.29 is 9.52 Å². The number of aliphatic hydroxyl groups is 1. The largest absolute Gasteiger partial charge is 0.462 e. The number of furan rings is 1. The van der Waals surface area contributed by atoms with Crippen LogP contribution in [0, 0.1) is 0 Å². The molecule has 1 aromatic heterocycles. The molecule has 0 radical (unpaired) electrons. The van der Waals surface area contributed by atoms with E-state index in [0.717, 1.165) is 18.8 Å². The van der Waals surface area contributed by atoms with Crippen LogP contribution >= 0.6 is 0 Å². The van der Waals surface area contributed by atoms with E-state index in [-0.39, 0.29) is 6.61 Å². The zero-order valence-corrected chi connectivity index (χ0v) is 11.4. The molecule has 102 valence electrons. The third-order valence-corrected chi connectivity index (χ3v) is 4.11. The summed E-state index contributed by atoms with van der Waals surface area (Å²) < 4.78 is 5.46. The van der Waals surface area contributed by atoms with Gasteiger partial charge in [-0.2, -0.15) is 0 Å². The molecule has 0 unspecified atom stereocenters. The summed E-state index contributed by atoms with van der Waals surface area (Å²) in [7, 11) is 4.34. The van der Waals surface area contributed by atoms with Gasteiger partial charge < -0.3 is 19.7 Å². The van der Waals surface area contributed by atoms with Gasteiger partial charge in [0.05, 0.1) is 6.54 Å². The van der Waals surface area contributed by atoms with Crippen molar-refractivity contribution in [3.63, 3.8) is 0 Å². The highest BCUT2D eigenvalue weighted by Crippen LogP contribution is 2.33. The Labute approximate surface area is 109 Å². The van der Waals surface area contributed by atoms with Crippen LogP contribution in [0.5, 0.6) is 0 Å². The lowest BCUT2D eigenvalue weighted by Crippen LogP contribution is -2.49. The van der Waals surface area contributed by atoms with Crippen molar-refractivity contribution in [3.05, 3.63) is 23.7 Å². The van der Waals surface area contributed by atoms with Crippen LogP contribution in [0.4, 0.5) is 0 Å². The van der Waals surface area contributed by atoms with Crippen LogP contribution in [-0.2, 0) is 13.2 Å².